The Kier molecular flexibility index (Phi) is 5.47. The van der Waals surface area contributed by atoms with Crippen molar-refractivity contribution in [1.82, 2.24) is 0 Å². The Bertz CT molecular complexity index is 803. The zero-order valence-electron chi connectivity index (χ0n) is 15.1. The van der Waals surface area contributed by atoms with Crippen molar-refractivity contribution in [3.05, 3.63) is 58.1 Å². The van der Waals surface area contributed by atoms with Crippen LogP contribution in [0, 0.1) is 27.7 Å². The fourth-order valence-corrected chi connectivity index (χ4v) is 2.69. The van der Waals surface area contributed by atoms with E-state index >= 15 is 0 Å². The van der Waals surface area contributed by atoms with Gasteiger partial charge < -0.3 is 15.2 Å². The number of rotatable bonds is 4. The summed E-state index contributed by atoms with van der Waals surface area (Å²) < 4.78 is 5.20. The van der Waals surface area contributed by atoms with Gasteiger partial charge in [0.15, 0.2) is 6.10 Å². The van der Waals surface area contributed by atoms with Gasteiger partial charge in [0.2, 0.25) is 0 Å². The van der Waals surface area contributed by atoms with E-state index < -0.39 is 18.0 Å². The second-order valence-electron chi connectivity index (χ2n) is 6.33. The van der Waals surface area contributed by atoms with Crippen LogP contribution in [0.2, 0.25) is 0 Å². The molecule has 0 aliphatic rings. The van der Waals surface area contributed by atoms with Crippen molar-refractivity contribution in [1.29, 1.82) is 0 Å². The first-order valence-corrected chi connectivity index (χ1v) is 8.08. The lowest BCUT2D eigenvalue weighted by Gasteiger charge is -2.17. The molecule has 0 aromatic heterocycles. The number of amides is 1. The van der Waals surface area contributed by atoms with E-state index in [2.05, 4.69) is 5.32 Å². The number of carbonyl (C=O) groups is 2. The number of anilines is 1. The van der Waals surface area contributed by atoms with Crippen molar-refractivity contribution in [3.63, 3.8) is 0 Å². The minimum absolute atomic E-state index is 0.0438. The number of hydrogen-bond acceptors (Lipinski definition) is 4. The van der Waals surface area contributed by atoms with Gasteiger partial charge in [-0.15, -0.1) is 0 Å². The molecule has 132 valence electrons. The van der Waals surface area contributed by atoms with Crippen LogP contribution < -0.4 is 5.32 Å². The number of phenolic OH excluding ortho intramolecular Hbond substituents is 1. The van der Waals surface area contributed by atoms with Gasteiger partial charge in [0.05, 0.1) is 0 Å². The van der Waals surface area contributed by atoms with Crippen LogP contribution in [-0.2, 0) is 9.53 Å². The molecule has 0 spiro atoms. The maximum absolute atomic E-state index is 12.4. The average molecular weight is 341 g/mol. The number of esters is 1. The number of aromatic hydroxyl groups is 1. The molecule has 5 heteroatoms. The third-order valence-corrected chi connectivity index (χ3v) is 3.95. The molecular weight excluding hydrogens is 318 g/mol. The van der Waals surface area contributed by atoms with Crippen molar-refractivity contribution in [2.45, 2.75) is 40.7 Å². The highest BCUT2D eigenvalue weighted by molar-refractivity contribution is 5.99. The van der Waals surface area contributed by atoms with Gasteiger partial charge in [0.25, 0.3) is 5.91 Å². The van der Waals surface area contributed by atoms with E-state index in [9.17, 15) is 14.7 Å². The molecule has 0 aliphatic carbocycles. The lowest BCUT2D eigenvalue weighted by atomic mass is 10.0. The van der Waals surface area contributed by atoms with E-state index in [-0.39, 0.29) is 11.3 Å². The monoisotopic (exact) mass is 341 g/mol. The van der Waals surface area contributed by atoms with Gasteiger partial charge in [-0.25, -0.2) is 4.79 Å². The first-order chi connectivity index (χ1) is 11.7. The first-order valence-electron chi connectivity index (χ1n) is 8.08. The van der Waals surface area contributed by atoms with Crippen LogP contribution in [0.5, 0.6) is 5.75 Å². The first kappa shape index (κ1) is 18.5. The van der Waals surface area contributed by atoms with Gasteiger partial charge in [-0.3, -0.25) is 4.79 Å². The van der Waals surface area contributed by atoms with Crippen LogP contribution in [0.15, 0.2) is 30.3 Å². The van der Waals surface area contributed by atoms with Gasteiger partial charge in [0, 0.05) is 5.69 Å². The van der Waals surface area contributed by atoms with Crippen LogP contribution >= 0.6 is 0 Å². The number of phenols is 1. The average Bonchev–Trinajstić information content (AvgIpc) is 2.52. The van der Waals surface area contributed by atoms with Gasteiger partial charge in [0.1, 0.15) is 11.3 Å². The highest BCUT2D eigenvalue weighted by atomic mass is 16.5. The summed E-state index contributed by atoms with van der Waals surface area (Å²) in [7, 11) is 0. The summed E-state index contributed by atoms with van der Waals surface area (Å²) in [6, 6.07) is 8.59. The molecule has 0 aliphatic heterocycles. The summed E-state index contributed by atoms with van der Waals surface area (Å²) in [5.74, 6) is -1.33. The Balaban J connectivity index is 2.10. The lowest BCUT2D eigenvalue weighted by molar-refractivity contribution is -0.123. The Morgan fingerprint density at radius 3 is 2.20 bits per heavy atom. The van der Waals surface area contributed by atoms with Crippen molar-refractivity contribution >= 4 is 17.6 Å². The summed E-state index contributed by atoms with van der Waals surface area (Å²) >= 11 is 0. The van der Waals surface area contributed by atoms with E-state index in [1.165, 1.54) is 19.1 Å². The van der Waals surface area contributed by atoms with Crippen molar-refractivity contribution in [3.8, 4) is 5.75 Å². The summed E-state index contributed by atoms with van der Waals surface area (Å²) in [6.45, 7) is 9.12. The van der Waals surface area contributed by atoms with E-state index in [1.54, 1.807) is 13.0 Å². The largest absolute Gasteiger partial charge is 0.507 e. The molecule has 2 rings (SSSR count). The zero-order chi connectivity index (χ0) is 18.7. The molecule has 0 radical (unpaired) electrons. The number of carbonyl (C=O) groups excluding carboxylic acids is 2. The van der Waals surface area contributed by atoms with Crippen LogP contribution in [0.1, 0.15) is 39.5 Å². The number of aryl methyl sites for hydroxylation is 4. The molecule has 0 fully saturated rings. The van der Waals surface area contributed by atoms with Crippen LogP contribution in [0.4, 0.5) is 5.69 Å². The molecule has 2 aromatic carbocycles. The molecule has 1 atom stereocenters. The van der Waals surface area contributed by atoms with E-state index in [0.717, 1.165) is 27.9 Å². The third-order valence-electron chi connectivity index (χ3n) is 3.95. The third kappa shape index (κ3) is 4.38. The van der Waals surface area contributed by atoms with Gasteiger partial charge in [-0.1, -0.05) is 29.3 Å². The number of hydrogen-bond donors (Lipinski definition) is 2. The maximum atomic E-state index is 12.4. The predicted molar refractivity (Wildman–Crippen MR) is 97.0 cm³/mol. The second-order valence-corrected chi connectivity index (χ2v) is 6.33. The fraction of sp³-hybridized carbons (Fsp3) is 0.300. The summed E-state index contributed by atoms with van der Waals surface area (Å²) in [4.78, 5) is 24.6. The molecule has 1 unspecified atom stereocenters. The molecule has 1 amide bonds. The fourth-order valence-electron chi connectivity index (χ4n) is 2.69. The van der Waals surface area contributed by atoms with E-state index in [0.29, 0.717) is 0 Å². The van der Waals surface area contributed by atoms with Gasteiger partial charge in [-0.05, 0) is 57.9 Å². The normalized spacial score (nSPS) is 11.7. The SMILES string of the molecule is Cc1cc(C)c(NC(=O)C(C)OC(=O)c2cc(C)ccc2O)c(C)c1. The molecule has 5 nitrogen and oxygen atoms in total. The predicted octanol–water partition coefficient (Wildman–Crippen LogP) is 3.81. The molecule has 0 bridgehead atoms. The summed E-state index contributed by atoms with van der Waals surface area (Å²) in [5, 5.41) is 12.6. The minimum atomic E-state index is -0.993. The summed E-state index contributed by atoms with van der Waals surface area (Å²) in [5.41, 5.74) is 4.58. The van der Waals surface area contributed by atoms with E-state index in [1.807, 2.05) is 32.9 Å². The van der Waals surface area contributed by atoms with Crippen LogP contribution in [0.3, 0.4) is 0 Å². The van der Waals surface area contributed by atoms with E-state index in [4.69, 9.17) is 4.74 Å². The maximum Gasteiger partial charge on any atom is 0.342 e. The Hall–Kier alpha value is -2.82. The minimum Gasteiger partial charge on any atom is -0.507 e. The number of ether oxygens (including phenoxy) is 1. The van der Waals surface area contributed by atoms with Crippen molar-refractivity contribution in [2.24, 2.45) is 0 Å². The standard InChI is InChI=1S/C20H23NO4/c1-11-6-7-17(22)16(10-11)20(24)25-15(5)19(23)21-18-13(3)8-12(2)9-14(18)4/h6-10,15,22H,1-5H3,(H,21,23). The molecule has 2 N–H and O–H groups in total. The van der Waals surface area contributed by atoms with Crippen LogP contribution in [0.25, 0.3) is 0 Å². The Labute approximate surface area is 147 Å². The number of nitrogens with one attached hydrogen (secondary N) is 1. The quantitative estimate of drug-likeness (QED) is 0.829. The lowest BCUT2D eigenvalue weighted by Crippen LogP contribution is -2.30. The Morgan fingerprint density at radius 2 is 1.60 bits per heavy atom. The molecule has 0 saturated carbocycles. The highest BCUT2D eigenvalue weighted by Gasteiger charge is 2.22. The zero-order valence-corrected chi connectivity index (χ0v) is 15.1. The topological polar surface area (TPSA) is 75.6 Å². The van der Waals surface area contributed by atoms with Crippen molar-refractivity contribution in [2.75, 3.05) is 5.32 Å². The summed E-state index contributed by atoms with van der Waals surface area (Å²) in [6.07, 6.45) is -0.993. The molecular formula is C20H23NO4. The number of benzene rings is 2. The molecule has 0 saturated heterocycles. The van der Waals surface area contributed by atoms with Gasteiger partial charge >= 0.3 is 5.97 Å². The molecule has 0 heterocycles. The Morgan fingerprint density at radius 1 is 1.00 bits per heavy atom. The smallest absolute Gasteiger partial charge is 0.342 e. The molecule has 25 heavy (non-hydrogen) atoms. The second kappa shape index (κ2) is 7.38. The molecule has 2 aromatic rings. The van der Waals surface area contributed by atoms with Crippen LogP contribution in [-0.4, -0.2) is 23.1 Å². The van der Waals surface area contributed by atoms with Gasteiger partial charge in [-0.2, -0.15) is 0 Å². The van der Waals surface area contributed by atoms with Crippen molar-refractivity contribution < 1.29 is 19.4 Å². The highest BCUT2D eigenvalue weighted by Crippen LogP contribution is 2.23.